The first kappa shape index (κ1) is 17.6. The van der Waals surface area contributed by atoms with Gasteiger partial charge in [0, 0.05) is 19.0 Å². The van der Waals surface area contributed by atoms with E-state index in [0.717, 1.165) is 16.2 Å². The predicted molar refractivity (Wildman–Crippen MR) is 96.8 cm³/mol. The Balaban J connectivity index is 2.49. The van der Waals surface area contributed by atoms with Crippen LogP contribution in [-0.4, -0.2) is 42.4 Å². The molecule has 0 atom stereocenters. The molecule has 0 fully saturated rings. The second kappa shape index (κ2) is 7.66. The van der Waals surface area contributed by atoms with E-state index in [1.807, 2.05) is 24.5 Å². The van der Waals surface area contributed by atoms with E-state index in [2.05, 4.69) is 21.0 Å². The molecule has 1 aromatic carbocycles. The molecule has 0 saturated heterocycles. The lowest BCUT2D eigenvalue weighted by atomic mass is 10.1. The van der Waals surface area contributed by atoms with Gasteiger partial charge in [0.1, 0.15) is 11.8 Å². The summed E-state index contributed by atoms with van der Waals surface area (Å²) in [6.07, 6.45) is 3.67. The molecular weight excluding hydrogens is 324 g/mol. The van der Waals surface area contributed by atoms with Crippen LogP contribution in [0, 0.1) is 11.3 Å². The molecular formula is C16H18N6OS. The number of allylic oxidation sites excluding steroid dienone is 1. The van der Waals surface area contributed by atoms with Crippen molar-refractivity contribution in [1.82, 2.24) is 15.0 Å². The fourth-order valence-electron chi connectivity index (χ4n) is 1.96. The molecule has 0 saturated carbocycles. The van der Waals surface area contributed by atoms with E-state index in [9.17, 15) is 5.26 Å². The van der Waals surface area contributed by atoms with Crippen molar-refractivity contribution in [3.8, 4) is 11.8 Å². The fraction of sp³-hybridized carbons (Fsp3) is 0.250. The number of methoxy groups -OCH3 is 1. The molecule has 0 amide bonds. The summed E-state index contributed by atoms with van der Waals surface area (Å²) >= 11 is 1.59. The van der Waals surface area contributed by atoms with Gasteiger partial charge in [-0.25, -0.2) is 0 Å². The van der Waals surface area contributed by atoms with Crippen LogP contribution in [0.5, 0.6) is 5.75 Å². The van der Waals surface area contributed by atoms with Gasteiger partial charge in [-0.3, -0.25) is 0 Å². The fourth-order valence-corrected chi connectivity index (χ4v) is 2.50. The number of nitriles is 1. The Hall–Kier alpha value is -2.79. The molecule has 0 aliphatic carbocycles. The predicted octanol–water partition coefficient (Wildman–Crippen LogP) is 2.31. The maximum atomic E-state index is 9.48. The van der Waals surface area contributed by atoms with Gasteiger partial charge in [0.15, 0.2) is 5.82 Å². The Morgan fingerprint density at radius 3 is 2.67 bits per heavy atom. The first-order valence-corrected chi connectivity index (χ1v) is 8.24. The lowest BCUT2D eigenvalue weighted by Gasteiger charge is -2.11. The van der Waals surface area contributed by atoms with E-state index >= 15 is 0 Å². The molecule has 2 rings (SSSR count). The number of aromatic nitrogens is 3. The Bertz CT molecular complexity index is 813. The molecule has 7 nitrogen and oxygen atoms in total. The average molecular weight is 342 g/mol. The van der Waals surface area contributed by atoms with Crippen molar-refractivity contribution in [2.75, 3.05) is 38.1 Å². The Morgan fingerprint density at radius 1 is 1.33 bits per heavy atom. The number of hydrogen-bond acceptors (Lipinski definition) is 8. The molecule has 24 heavy (non-hydrogen) atoms. The van der Waals surface area contributed by atoms with Crippen LogP contribution in [0.4, 0.5) is 11.9 Å². The molecule has 0 spiro atoms. The summed E-state index contributed by atoms with van der Waals surface area (Å²) in [7, 11) is 5.20. The maximum absolute atomic E-state index is 9.48. The van der Waals surface area contributed by atoms with Crippen LogP contribution in [0.1, 0.15) is 11.4 Å². The van der Waals surface area contributed by atoms with Crippen molar-refractivity contribution in [3.05, 3.63) is 29.6 Å². The van der Waals surface area contributed by atoms with Gasteiger partial charge in [0.2, 0.25) is 11.9 Å². The minimum atomic E-state index is 0.0696. The zero-order chi connectivity index (χ0) is 17.7. The van der Waals surface area contributed by atoms with Crippen LogP contribution < -0.4 is 15.4 Å². The third kappa shape index (κ3) is 3.94. The van der Waals surface area contributed by atoms with E-state index in [1.54, 1.807) is 43.9 Å². The molecule has 0 aliphatic rings. The number of hydrogen-bond donors (Lipinski definition) is 1. The largest absolute Gasteiger partial charge is 0.496 e. The second-order valence-electron chi connectivity index (χ2n) is 5.00. The summed E-state index contributed by atoms with van der Waals surface area (Å²) in [4.78, 5) is 15.1. The summed E-state index contributed by atoms with van der Waals surface area (Å²) in [6.45, 7) is 0. The monoisotopic (exact) mass is 342 g/mol. The molecule has 2 aromatic rings. The van der Waals surface area contributed by atoms with Crippen molar-refractivity contribution in [3.63, 3.8) is 0 Å². The SMILES string of the molecule is COc1cc(C=C(C#N)c2nc(N)nc(N(C)C)n2)ccc1SC. The minimum Gasteiger partial charge on any atom is -0.496 e. The molecule has 1 aromatic heterocycles. The summed E-state index contributed by atoms with van der Waals surface area (Å²) < 4.78 is 5.37. The van der Waals surface area contributed by atoms with Crippen molar-refractivity contribution in [2.24, 2.45) is 0 Å². The van der Waals surface area contributed by atoms with E-state index in [4.69, 9.17) is 10.5 Å². The molecule has 0 aliphatic heterocycles. The highest BCUT2D eigenvalue weighted by Crippen LogP contribution is 2.29. The molecule has 124 valence electrons. The van der Waals surface area contributed by atoms with Gasteiger partial charge in [-0.15, -0.1) is 11.8 Å². The van der Waals surface area contributed by atoms with Gasteiger partial charge >= 0.3 is 0 Å². The topological polar surface area (TPSA) is 101 Å². The molecule has 0 bridgehead atoms. The number of ether oxygens (including phenoxy) is 1. The maximum Gasteiger partial charge on any atom is 0.230 e. The van der Waals surface area contributed by atoms with Crippen LogP contribution in [0.3, 0.4) is 0 Å². The minimum absolute atomic E-state index is 0.0696. The number of thioether (sulfide) groups is 1. The van der Waals surface area contributed by atoms with Gasteiger partial charge in [-0.2, -0.15) is 20.2 Å². The van der Waals surface area contributed by atoms with Crippen LogP contribution in [0.15, 0.2) is 23.1 Å². The van der Waals surface area contributed by atoms with Crippen molar-refractivity contribution >= 4 is 35.3 Å². The second-order valence-corrected chi connectivity index (χ2v) is 5.84. The van der Waals surface area contributed by atoms with Crippen LogP contribution in [0.2, 0.25) is 0 Å². The van der Waals surface area contributed by atoms with Crippen molar-refractivity contribution in [2.45, 2.75) is 4.90 Å². The number of anilines is 2. The van der Waals surface area contributed by atoms with E-state index < -0.39 is 0 Å². The van der Waals surface area contributed by atoms with Gasteiger partial charge in [0.05, 0.1) is 12.7 Å². The normalized spacial score (nSPS) is 11.0. The van der Waals surface area contributed by atoms with Crippen LogP contribution in [0.25, 0.3) is 11.6 Å². The first-order chi connectivity index (χ1) is 11.5. The quantitative estimate of drug-likeness (QED) is 0.652. The average Bonchev–Trinajstić information content (AvgIpc) is 2.58. The number of benzene rings is 1. The van der Waals surface area contributed by atoms with Gasteiger partial charge in [-0.1, -0.05) is 6.07 Å². The van der Waals surface area contributed by atoms with Crippen LogP contribution in [-0.2, 0) is 0 Å². The highest BCUT2D eigenvalue weighted by atomic mass is 32.2. The van der Waals surface area contributed by atoms with Gasteiger partial charge in [-0.05, 0) is 30.0 Å². The third-order valence-corrected chi connectivity index (χ3v) is 3.90. The number of nitrogens with two attached hydrogens (primary N) is 1. The zero-order valence-electron chi connectivity index (χ0n) is 13.9. The van der Waals surface area contributed by atoms with E-state index in [1.165, 1.54) is 0 Å². The summed E-state index contributed by atoms with van der Waals surface area (Å²) in [5, 5.41) is 9.48. The Kier molecular flexibility index (Phi) is 5.60. The third-order valence-electron chi connectivity index (χ3n) is 3.12. The van der Waals surface area contributed by atoms with Crippen molar-refractivity contribution in [1.29, 1.82) is 5.26 Å². The van der Waals surface area contributed by atoms with E-state index in [-0.39, 0.29) is 11.8 Å². The number of nitrogen functional groups attached to an aromatic ring is 1. The summed E-state index contributed by atoms with van der Waals surface area (Å²) in [5.74, 6) is 1.45. The summed E-state index contributed by atoms with van der Waals surface area (Å²) in [5.41, 5.74) is 6.83. The Morgan fingerprint density at radius 2 is 2.08 bits per heavy atom. The zero-order valence-corrected chi connectivity index (χ0v) is 14.8. The molecule has 8 heteroatoms. The molecule has 0 unspecified atom stereocenters. The Labute approximate surface area is 145 Å². The van der Waals surface area contributed by atoms with Crippen LogP contribution >= 0.6 is 11.8 Å². The summed E-state index contributed by atoms with van der Waals surface area (Å²) in [6, 6.07) is 7.82. The van der Waals surface area contributed by atoms with Crippen molar-refractivity contribution < 1.29 is 4.74 Å². The molecule has 1 heterocycles. The number of rotatable bonds is 5. The van der Waals surface area contributed by atoms with Gasteiger partial charge in [0.25, 0.3) is 0 Å². The smallest absolute Gasteiger partial charge is 0.230 e. The lowest BCUT2D eigenvalue weighted by Crippen LogP contribution is -2.15. The highest BCUT2D eigenvalue weighted by molar-refractivity contribution is 7.98. The first-order valence-electron chi connectivity index (χ1n) is 7.01. The van der Waals surface area contributed by atoms with Gasteiger partial charge < -0.3 is 15.4 Å². The van der Waals surface area contributed by atoms with E-state index in [0.29, 0.717) is 11.5 Å². The molecule has 2 N–H and O–H groups in total. The standard InChI is InChI=1S/C16H18N6OS/c1-22(2)16-20-14(19-15(18)21-16)11(9-17)7-10-5-6-13(24-4)12(8-10)23-3/h5-8H,1-4H3,(H2,18,19,20,21). The molecule has 0 radical (unpaired) electrons. The highest BCUT2D eigenvalue weighted by Gasteiger charge is 2.11. The lowest BCUT2D eigenvalue weighted by molar-refractivity contribution is 0.405. The number of nitrogens with zero attached hydrogens (tertiary/aromatic N) is 5.